The number of fused-ring (bicyclic) bond motifs is 1. The SMILES string of the molecule is CC(N)C(C)C(=O)NCc1nc2ccccc2[nH]1. The van der Waals surface area contributed by atoms with E-state index in [9.17, 15) is 4.79 Å². The van der Waals surface area contributed by atoms with Gasteiger partial charge in [-0.1, -0.05) is 19.1 Å². The smallest absolute Gasteiger partial charge is 0.224 e. The van der Waals surface area contributed by atoms with E-state index in [0.29, 0.717) is 6.54 Å². The van der Waals surface area contributed by atoms with Crippen molar-refractivity contribution in [3.63, 3.8) is 0 Å². The molecule has 2 rings (SSSR count). The highest BCUT2D eigenvalue weighted by Gasteiger charge is 2.16. The Morgan fingerprint density at radius 1 is 1.44 bits per heavy atom. The number of amides is 1. The van der Waals surface area contributed by atoms with Gasteiger partial charge >= 0.3 is 0 Å². The number of carbonyl (C=O) groups is 1. The van der Waals surface area contributed by atoms with Crippen LogP contribution in [0.3, 0.4) is 0 Å². The van der Waals surface area contributed by atoms with Gasteiger partial charge in [0.2, 0.25) is 5.91 Å². The minimum Gasteiger partial charge on any atom is -0.349 e. The number of nitrogens with two attached hydrogens (primary N) is 1. The van der Waals surface area contributed by atoms with Gasteiger partial charge in [0.1, 0.15) is 5.82 Å². The number of imidazole rings is 1. The average molecular weight is 246 g/mol. The van der Waals surface area contributed by atoms with Crippen LogP contribution in [0.15, 0.2) is 24.3 Å². The molecule has 0 spiro atoms. The maximum atomic E-state index is 11.7. The van der Waals surface area contributed by atoms with Crippen LogP contribution in [0.2, 0.25) is 0 Å². The molecule has 0 aliphatic rings. The molecule has 0 aliphatic heterocycles. The van der Waals surface area contributed by atoms with E-state index in [1.807, 2.05) is 38.1 Å². The number of rotatable bonds is 4. The third-order valence-electron chi connectivity index (χ3n) is 3.07. The summed E-state index contributed by atoms with van der Waals surface area (Å²) >= 11 is 0. The van der Waals surface area contributed by atoms with E-state index in [1.165, 1.54) is 0 Å². The van der Waals surface area contributed by atoms with Gasteiger partial charge in [-0.2, -0.15) is 0 Å². The second-order valence-corrected chi connectivity index (χ2v) is 4.57. The number of H-pyrrole nitrogens is 1. The van der Waals surface area contributed by atoms with Crippen molar-refractivity contribution in [3.05, 3.63) is 30.1 Å². The van der Waals surface area contributed by atoms with Crippen LogP contribution in [0.1, 0.15) is 19.7 Å². The minimum absolute atomic E-state index is 0.0505. The van der Waals surface area contributed by atoms with Crippen LogP contribution in [0.5, 0.6) is 0 Å². The van der Waals surface area contributed by atoms with Gasteiger partial charge in [-0.25, -0.2) is 4.98 Å². The molecule has 1 aromatic carbocycles. The van der Waals surface area contributed by atoms with Crippen molar-refractivity contribution in [2.45, 2.75) is 26.4 Å². The summed E-state index contributed by atoms with van der Waals surface area (Å²) in [6.07, 6.45) is 0. The van der Waals surface area contributed by atoms with E-state index in [2.05, 4.69) is 15.3 Å². The standard InChI is InChI=1S/C13H18N4O/c1-8(9(2)14)13(18)15-7-12-16-10-5-3-4-6-11(10)17-12/h3-6,8-9H,7,14H2,1-2H3,(H,15,18)(H,16,17). The molecule has 2 atom stereocenters. The first kappa shape index (κ1) is 12.6. The van der Waals surface area contributed by atoms with Crippen LogP contribution in [0.25, 0.3) is 11.0 Å². The molecular formula is C13H18N4O. The van der Waals surface area contributed by atoms with E-state index in [1.54, 1.807) is 0 Å². The van der Waals surface area contributed by atoms with Crippen molar-refractivity contribution in [2.24, 2.45) is 11.7 Å². The van der Waals surface area contributed by atoms with Gasteiger partial charge in [0, 0.05) is 12.0 Å². The third-order valence-corrected chi connectivity index (χ3v) is 3.07. The van der Waals surface area contributed by atoms with Crippen molar-refractivity contribution >= 4 is 16.9 Å². The lowest BCUT2D eigenvalue weighted by Crippen LogP contribution is -2.38. The van der Waals surface area contributed by atoms with Crippen LogP contribution >= 0.6 is 0 Å². The Morgan fingerprint density at radius 2 is 2.17 bits per heavy atom. The number of aromatic nitrogens is 2. The summed E-state index contributed by atoms with van der Waals surface area (Å²) in [5, 5.41) is 2.83. The van der Waals surface area contributed by atoms with E-state index in [0.717, 1.165) is 16.9 Å². The second-order valence-electron chi connectivity index (χ2n) is 4.57. The van der Waals surface area contributed by atoms with Gasteiger partial charge in [0.05, 0.1) is 17.6 Å². The summed E-state index contributed by atoms with van der Waals surface area (Å²) in [6, 6.07) is 7.62. The first-order chi connectivity index (χ1) is 8.58. The first-order valence-electron chi connectivity index (χ1n) is 6.05. The highest BCUT2D eigenvalue weighted by Crippen LogP contribution is 2.10. The summed E-state index contributed by atoms with van der Waals surface area (Å²) in [5.41, 5.74) is 7.56. The fourth-order valence-corrected chi connectivity index (χ4v) is 1.66. The third kappa shape index (κ3) is 2.68. The topological polar surface area (TPSA) is 83.8 Å². The van der Waals surface area contributed by atoms with Gasteiger partial charge in [-0.3, -0.25) is 4.79 Å². The quantitative estimate of drug-likeness (QED) is 0.757. The van der Waals surface area contributed by atoms with Crippen LogP contribution in [-0.4, -0.2) is 21.9 Å². The van der Waals surface area contributed by atoms with Crippen molar-refractivity contribution in [1.82, 2.24) is 15.3 Å². The molecule has 0 radical (unpaired) electrons. The molecule has 2 unspecified atom stereocenters. The molecule has 96 valence electrons. The number of nitrogens with one attached hydrogen (secondary N) is 2. The Morgan fingerprint density at radius 3 is 2.83 bits per heavy atom. The zero-order valence-corrected chi connectivity index (χ0v) is 10.6. The van der Waals surface area contributed by atoms with Gasteiger partial charge < -0.3 is 16.0 Å². The van der Waals surface area contributed by atoms with Crippen LogP contribution in [-0.2, 0) is 11.3 Å². The van der Waals surface area contributed by atoms with Crippen molar-refractivity contribution in [1.29, 1.82) is 0 Å². The molecule has 0 saturated heterocycles. The Kier molecular flexibility index (Phi) is 3.62. The Labute approximate surface area is 106 Å². The molecule has 18 heavy (non-hydrogen) atoms. The van der Waals surface area contributed by atoms with Crippen molar-refractivity contribution in [2.75, 3.05) is 0 Å². The first-order valence-corrected chi connectivity index (χ1v) is 6.05. The number of para-hydroxylation sites is 2. The molecule has 5 nitrogen and oxygen atoms in total. The molecule has 2 aromatic rings. The average Bonchev–Trinajstić information content (AvgIpc) is 2.77. The lowest BCUT2D eigenvalue weighted by Gasteiger charge is -2.14. The lowest BCUT2D eigenvalue weighted by atomic mass is 10.0. The minimum atomic E-state index is -0.200. The predicted molar refractivity (Wildman–Crippen MR) is 70.8 cm³/mol. The molecule has 0 fully saturated rings. The number of nitrogens with zero attached hydrogens (tertiary/aromatic N) is 1. The van der Waals surface area contributed by atoms with E-state index >= 15 is 0 Å². The summed E-state index contributed by atoms with van der Waals surface area (Å²) in [5.74, 6) is 0.501. The summed E-state index contributed by atoms with van der Waals surface area (Å²) in [6.45, 7) is 4.04. The zero-order valence-electron chi connectivity index (χ0n) is 10.6. The molecule has 0 bridgehead atoms. The van der Waals surface area contributed by atoms with Crippen LogP contribution in [0, 0.1) is 5.92 Å². The number of benzene rings is 1. The maximum Gasteiger partial charge on any atom is 0.224 e. The number of hydrogen-bond donors (Lipinski definition) is 3. The zero-order chi connectivity index (χ0) is 13.1. The molecule has 1 amide bonds. The molecule has 0 saturated carbocycles. The van der Waals surface area contributed by atoms with Gasteiger partial charge in [0.15, 0.2) is 0 Å². The van der Waals surface area contributed by atoms with E-state index in [4.69, 9.17) is 5.73 Å². The second kappa shape index (κ2) is 5.18. The fourth-order valence-electron chi connectivity index (χ4n) is 1.66. The summed E-state index contributed by atoms with van der Waals surface area (Å²) < 4.78 is 0. The number of carbonyl (C=O) groups excluding carboxylic acids is 1. The molecule has 4 N–H and O–H groups in total. The van der Waals surface area contributed by atoms with Gasteiger partial charge in [0.25, 0.3) is 0 Å². The Hall–Kier alpha value is -1.88. The van der Waals surface area contributed by atoms with Crippen LogP contribution < -0.4 is 11.1 Å². The lowest BCUT2D eigenvalue weighted by molar-refractivity contribution is -0.125. The Balaban J connectivity index is 2.00. The Bertz CT molecular complexity index is 514. The molecule has 1 heterocycles. The van der Waals surface area contributed by atoms with Crippen molar-refractivity contribution < 1.29 is 4.79 Å². The summed E-state index contributed by atoms with van der Waals surface area (Å²) in [7, 11) is 0. The summed E-state index contributed by atoms with van der Waals surface area (Å²) in [4.78, 5) is 19.3. The monoisotopic (exact) mass is 246 g/mol. The van der Waals surface area contributed by atoms with Gasteiger partial charge in [-0.05, 0) is 19.1 Å². The van der Waals surface area contributed by atoms with Crippen molar-refractivity contribution in [3.8, 4) is 0 Å². The van der Waals surface area contributed by atoms with E-state index in [-0.39, 0.29) is 17.9 Å². The highest BCUT2D eigenvalue weighted by atomic mass is 16.1. The highest BCUT2D eigenvalue weighted by molar-refractivity contribution is 5.79. The normalized spacial score (nSPS) is 14.4. The van der Waals surface area contributed by atoms with Gasteiger partial charge in [-0.15, -0.1) is 0 Å². The predicted octanol–water partition coefficient (Wildman–Crippen LogP) is 1.16. The van der Waals surface area contributed by atoms with E-state index < -0.39 is 0 Å². The largest absolute Gasteiger partial charge is 0.349 e. The number of hydrogen-bond acceptors (Lipinski definition) is 3. The van der Waals surface area contributed by atoms with Crippen LogP contribution in [0.4, 0.5) is 0 Å². The maximum absolute atomic E-state index is 11.7. The molecule has 5 heteroatoms. The molecule has 0 aliphatic carbocycles. The number of aromatic amines is 1. The molecular weight excluding hydrogens is 228 g/mol. The fraction of sp³-hybridized carbons (Fsp3) is 0.385. The molecule has 1 aromatic heterocycles.